The smallest absolute Gasteiger partial charge is 0.153 e. The lowest BCUT2D eigenvalue weighted by Gasteiger charge is -2.04. The summed E-state index contributed by atoms with van der Waals surface area (Å²) in [5, 5.41) is 4.78. The molecule has 1 aromatic carbocycles. The van der Waals surface area contributed by atoms with Crippen LogP contribution in [0.4, 0.5) is 0 Å². The van der Waals surface area contributed by atoms with Crippen molar-refractivity contribution < 1.29 is 4.42 Å². The van der Waals surface area contributed by atoms with Crippen LogP contribution in [0.1, 0.15) is 18.7 Å². The van der Waals surface area contributed by atoms with Crippen molar-refractivity contribution in [1.29, 1.82) is 0 Å². The topological polar surface area (TPSA) is 25.2 Å². The highest BCUT2D eigenvalue weighted by Crippen LogP contribution is 2.32. The normalized spacial score (nSPS) is 13.3. The van der Waals surface area contributed by atoms with E-state index in [0.717, 1.165) is 21.2 Å². The van der Waals surface area contributed by atoms with Crippen LogP contribution in [0.5, 0.6) is 0 Å². The first-order valence-electron chi connectivity index (χ1n) is 4.67. The molecule has 1 unspecified atom stereocenters. The van der Waals surface area contributed by atoms with Crippen LogP contribution in [0.25, 0.3) is 11.0 Å². The number of furan rings is 1. The maximum atomic E-state index is 6.08. The minimum atomic E-state index is 0.187. The standard InChI is InChI=1S/C11H11BrClNO/c1-6(14-2)10-4-7-3-8(12)5-9(13)11(7)15-10/h3-6,14H,1-2H3. The minimum absolute atomic E-state index is 0.187. The van der Waals surface area contributed by atoms with E-state index in [-0.39, 0.29) is 6.04 Å². The second kappa shape index (κ2) is 4.16. The van der Waals surface area contributed by atoms with Crippen molar-refractivity contribution in [3.8, 4) is 0 Å². The van der Waals surface area contributed by atoms with E-state index >= 15 is 0 Å². The van der Waals surface area contributed by atoms with Crippen LogP contribution in [-0.2, 0) is 0 Å². The number of fused-ring (bicyclic) bond motifs is 1. The number of rotatable bonds is 2. The van der Waals surface area contributed by atoms with Crippen molar-refractivity contribution >= 4 is 38.5 Å². The Hall–Kier alpha value is -0.510. The Morgan fingerprint density at radius 2 is 2.13 bits per heavy atom. The van der Waals surface area contributed by atoms with Crippen LogP contribution >= 0.6 is 27.5 Å². The first-order valence-corrected chi connectivity index (χ1v) is 5.84. The fourth-order valence-electron chi connectivity index (χ4n) is 1.45. The summed E-state index contributed by atoms with van der Waals surface area (Å²) in [6.07, 6.45) is 0. The zero-order valence-electron chi connectivity index (χ0n) is 8.47. The molecule has 0 bridgehead atoms. The van der Waals surface area contributed by atoms with Crippen LogP contribution in [0.3, 0.4) is 0 Å². The summed E-state index contributed by atoms with van der Waals surface area (Å²) in [7, 11) is 1.90. The molecule has 0 radical (unpaired) electrons. The Morgan fingerprint density at radius 1 is 1.40 bits per heavy atom. The summed E-state index contributed by atoms with van der Waals surface area (Å²) in [6.45, 7) is 2.04. The number of hydrogen-bond donors (Lipinski definition) is 1. The minimum Gasteiger partial charge on any atom is -0.458 e. The van der Waals surface area contributed by atoms with Crippen LogP contribution in [0.2, 0.25) is 5.02 Å². The monoisotopic (exact) mass is 287 g/mol. The lowest BCUT2D eigenvalue weighted by atomic mass is 10.2. The molecule has 0 aliphatic carbocycles. The first kappa shape index (κ1) is 11.0. The van der Waals surface area contributed by atoms with Crippen molar-refractivity contribution in [3.63, 3.8) is 0 Å². The van der Waals surface area contributed by atoms with E-state index in [0.29, 0.717) is 5.02 Å². The third-order valence-electron chi connectivity index (χ3n) is 2.41. The van der Waals surface area contributed by atoms with Gasteiger partial charge in [-0.15, -0.1) is 0 Å². The molecule has 80 valence electrons. The second-order valence-corrected chi connectivity index (χ2v) is 4.79. The first-order chi connectivity index (χ1) is 7.11. The largest absolute Gasteiger partial charge is 0.458 e. The van der Waals surface area contributed by atoms with Gasteiger partial charge in [-0.1, -0.05) is 27.5 Å². The molecule has 15 heavy (non-hydrogen) atoms. The maximum Gasteiger partial charge on any atom is 0.153 e. The van der Waals surface area contributed by atoms with E-state index < -0.39 is 0 Å². The molecular weight excluding hydrogens is 277 g/mol. The van der Waals surface area contributed by atoms with Gasteiger partial charge in [0, 0.05) is 9.86 Å². The molecule has 1 heterocycles. The van der Waals surface area contributed by atoms with Gasteiger partial charge >= 0.3 is 0 Å². The predicted octanol–water partition coefficient (Wildman–Crippen LogP) is 4.13. The summed E-state index contributed by atoms with van der Waals surface area (Å²) in [4.78, 5) is 0. The van der Waals surface area contributed by atoms with Crippen LogP contribution in [-0.4, -0.2) is 7.05 Å². The second-order valence-electron chi connectivity index (χ2n) is 3.47. The average Bonchev–Trinajstić information content (AvgIpc) is 2.60. The molecule has 0 spiro atoms. The van der Waals surface area contributed by atoms with Gasteiger partial charge in [0.15, 0.2) is 5.58 Å². The number of hydrogen-bond acceptors (Lipinski definition) is 2. The van der Waals surface area contributed by atoms with Crippen LogP contribution in [0.15, 0.2) is 27.1 Å². The van der Waals surface area contributed by atoms with Gasteiger partial charge in [-0.05, 0) is 32.2 Å². The summed E-state index contributed by atoms with van der Waals surface area (Å²) in [5.41, 5.74) is 0.747. The van der Waals surface area contributed by atoms with Crippen molar-refractivity contribution in [1.82, 2.24) is 5.32 Å². The maximum absolute atomic E-state index is 6.08. The van der Waals surface area contributed by atoms with Crippen molar-refractivity contribution in [2.75, 3.05) is 7.05 Å². The molecule has 2 nitrogen and oxygen atoms in total. The highest BCUT2D eigenvalue weighted by Gasteiger charge is 2.12. The molecule has 0 aliphatic heterocycles. The van der Waals surface area contributed by atoms with Crippen LogP contribution in [0, 0.1) is 0 Å². The Balaban J connectivity index is 2.60. The highest BCUT2D eigenvalue weighted by atomic mass is 79.9. The average molecular weight is 289 g/mol. The zero-order valence-corrected chi connectivity index (χ0v) is 10.8. The highest BCUT2D eigenvalue weighted by molar-refractivity contribution is 9.10. The van der Waals surface area contributed by atoms with Crippen molar-refractivity contribution in [2.24, 2.45) is 0 Å². The van der Waals surface area contributed by atoms with E-state index in [1.807, 2.05) is 32.2 Å². The molecule has 0 fully saturated rings. The summed E-state index contributed by atoms with van der Waals surface area (Å²) in [5.74, 6) is 0.896. The van der Waals surface area contributed by atoms with E-state index in [2.05, 4.69) is 21.2 Å². The summed E-state index contributed by atoms with van der Waals surface area (Å²) < 4.78 is 6.65. The van der Waals surface area contributed by atoms with Gasteiger partial charge in [-0.3, -0.25) is 0 Å². The van der Waals surface area contributed by atoms with Crippen LogP contribution < -0.4 is 5.32 Å². The number of halogens is 2. The Morgan fingerprint density at radius 3 is 2.80 bits per heavy atom. The van der Waals surface area contributed by atoms with Crippen molar-refractivity contribution in [2.45, 2.75) is 13.0 Å². The number of nitrogens with one attached hydrogen (secondary N) is 1. The third kappa shape index (κ3) is 2.05. The summed E-state index contributed by atoms with van der Waals surface area (Å²) in [6, 6.07) is 6.03. The van der Waals surface area contributed by atoms with Gasteiger partial charge in [0.2, 0.25) is 0 Å². The molecule has 1 N–H and O–H groups in total. The quantitative estimate of drug-likeness (QED) is 0.899. The molecule has 4 heteroatoms. The summed E-state index contributed by atoms with van der Waals surface area (Å²) >= 11 is 9.48. The van der Waals surface area contributed by atoms with E-state index in [1.54, 1.807) is 0 Å². The van der Waals surface area contributed by atoms with Gasteiger partial charge in [-0.2, -0.15) is 0 Å². The van der Waals surface area contributed by atoms with E-state index in [9.17, 15) is 0 Å². The van der Waals surface area contributed by atoms with Gasteiger partial charge in [0.05, 0.1) is 11.1 Å². The fourth-order valence-corrected chi connectivity index (χ4v) is 2.32. The molecular formula is C11H11BrClNO. The van der Waals surface area contributed by atoms with Gasteiger partial charge in [-0.25, -0.2) is 0 Å². The molecule has 0 saturated carbocycles. The molecule has 2 rings (SSSR count). The van der Waals surface area contributed by atoms with Crippen molar-refractivity contribution in [3.05, 3.63) is 33.5 Å². The molecule has 1 aromatic heterocycles. The number of benzene rings is 1. The molecule has 0 amide bonds. The third-order valence-corrected chi connectivity index (χ3v) is 3.15. The lowest BCUT2D eigenvalue weighted by molar-refractivity contribution is 0.475. The predicted molar refractivity (Wildman–Crippen MR) is 66.4 cm³/mol. The van der Waals surface area contributed by atoms with Gasteiger partial charge < -0.3 is 9.73 Å². The van der Waals surface area contributed by atoms with E-state index in [4.69, 9.17) is 16.0 Å². The lowest BCUT2D eigenvalue weighted by Crippen LogP contribution is -2.10. The molecule has 2 aromatic rings. The van der Waals surface area contributed by atoms with Gasteiger partial charge in [0.1, 0.15) is 5.76 Å². The zero-order chi connectivity index (χ0) is 11.0. The Kier molecular flexibility index (Phi) is 3.05. The molecule has 0 aliphatic rings. The Labute approximate surface area is 102 Å². The molecule has 1 atom stereocenters. The van der Waals surface area contributed by atoms with E-state index in [1.165, 1.54) is 0 Å². The SMILES string of the molecule is CNC(C)c1cc2cc(Br)cc(Cl)c2o1. The Bertz CT molecular complexity index is 495. The molecule has 0 saturated heterocycles. The van der Waals surface area contributed by atoms with Gasteiger partial charge in [0.25, 0.3) is 0 Å². The fraction of sp³-hybridized carbons (Fsp3) is 0.273.